The van der Waals surface area contributed by atoms with E-state index in [9.17, 15) is 23.1 Å². The van der Waals surface area contributed by atoms with Crippen LogP contribution >= 0.6 is 0 Å². The number of likely N-dealkylation sites (tertiary alicyclic amines) is 1. The van der Waals surface area contributed by atoms with Crippen LogP contribution in [0.2, 0.25) is 0 Å². The second kappa shape index (κ2) is 8.22. The minimum absolute atomic E-state index is 0.247. The first-order valence-corrected chi connectivity index (χ1v) is 9.07. The summed E-state index contributed by atoms with van der Waals surface area (Å²) in [5.41, 5.74) is 0.982. The van der Waals surface area contributed by atoms with E-state index in [0.717, 1.165) is 23.3 Å². The summed E-state index contributed by atoms with van der Waals surface area (Å²) in [6.45, 7) is 1.13. The van der Waals surface area contributed by atoms with Crippen molar-refractivity contribution in [1.29, 1.82) is 0 Å². The molecule has 2 aromatic rings. The van der Waals surface area contributed by atoms with Gasteiger partial charge in [0.05, 0.1) is 24.6 Å². The number of carbonyl (C=O) groups is 1. The number of carboxylic acids is 1. The first-order valence-electron chi connectivity index (χ1n) is 9.07. The Bertz CT molecular complexity index is 795. The zero-order valence-corrected chi connectivity index (χ0v) is 15.4. The fourth-order valence-electron chi connectivity index (χ4n) is 3.66. The third kappa shape index (κ3) is 4.47. The summed E-state index contributed by atoms with van der Waals surface area (Å²) in [4.78, 5) is 13.4. The first kappa shape index (κ1) is 20.2. The quantitative estimate of drug-likeness (QED) is 0.807. The van der Waals surface area contributed by atoms with Gasteiger partial charge in [-0.25, -0.2) is 0 Å². The van der Waals surface area contributed by atoms with Gasteiger partial charge in [-0.15, -0.1) is 0 Å². The Hall–Kier alpha value is -2.54. The highest BCUT2D eigenvalue weighted by molar-refractivity contribution is 5.70. The predicted molar refractivity (Wildman–Crippen MR) is 98.2 cm³/mol. The lowest BCUT2D eigenvalue weighted by Crippen LogP contribution is -2.39. The van der Waals surface area contributed by atoms with E-state index in [0.29, 0.717) is 31.7 Å². The van der Waals surface area contributed by atoms with Crippen molar-refractivity contribution in [2.45, 2.75) is 25.1 Å². The van der Waals surface area contributed by atoms with Crippen LogP contribution in [0.25, 0.3) is 0 Å². The fraction of sp³-hybridized carbons (Fsp3) is 0.381. The van der Waals surface area contributed by atoms with Crippen molar-refractivity contribution in [3.05, 3.63) is 65.2 Å². The number of hydrogen-bond acceptors (Lipinski definition) is 3. The van der Waals surface area contributed by atoms with Crippen molar-refractivity contribution in [3.63, 3.8) is 0 Å². The maximum Gasteiger partial charge on any atom is 0.416 e. The zero-order valence-electron chi connectivity index (χ0n) is 15.4. The van der Waals surface area contributed by atoms with Gasteiger partial charge in [0.25, 0.3) is 0 Å². The first-order chi connectivity index (χ1) is 13.3. The number of carboxylic acid groups (broad SMARTS) is 1. The van der Waals surface area contributed by atoms with E-state index >= 15 is 0 Å². The van der Waals surface area contributed by atoms with Gasteiger partial charge in [0.1, 0.15) is 5.75 Å². The van der Waals surface area contributed by atoms with Gasteiger partial charge in [0, 0.05) is 0 Å². The average molecular weight is 393 g/mol. The number of alkyl halides is 3. The molecule has 0 aliphatic carbocycles. The molecule has 0 radical (unpaired) electrons. The van der Waals surface area contributed by atoms with Crippen molar-refractivity contribution < 1.29 is 27.8 Å². The van der Waals surface area contributed by atoms with Crippen LogP contribution in [0.4, 0.5) is 13.2 Å². The molecule has 4 nitrogen and oxygen atoms in total. The fourth-order valence-corrected chi connectivity index (χ4v) is 3.66. The van der Waals surface area contributed by atoms with Crippen molar-refractivity contribution in [2.24, 2.45) is 5.92 Å². The molecule has 1 aliphatic heterocycles. The molecule has 0 bridgehead atoms. The highest BCUT2D eigenvalue weighted by Crippen LogP contribution is 2.35. The van der Waals surface area contributed by atoms with Crippen LogP contribution < -0.4 is 4.74 Å². The monoisotopic (exact) mass is 393 g/mol. The van der Waals surface area contributed by atoms with E-state index in [2.05, 4.69) is 4.90 Å². The summed E-state index contributed by atoms with van der Waals surface area (Å²) in [5.74, 6) is -0.477. The summed E-state index contributed by atoms with van der Waals surface area (Å²) in [6.07, 6.45) is -3.35. The highest BCUT2D eigenvalue weighted by atomic mass is 19.4. The maximum atomic E-state index is 12.9. The van der Waals surface area contributed by atoms with E-state index < -0.39 is 17.7 Å². The third-order valence-corrected chi connectivity index (χ3v) is 5.23. The second-order valence-corrected chi connectivity index (χ2v) is 6.94. The van der Waals surface area contributed by atoms with Gasteiger partial charge in [0.15, 0.2) is 0 Å². The molecule has 2 aromatic carbocycles. The van der Waals surface area contributed by atoms with Gasteiger partial charge >= 0.3 is 12.1 Å². The van der Waals surface area contributed by atoms with E-state index in [1.165, 1.54) is 12.1 Å². The Morgan fingerprint density at radius 2 is 1.54 bits per heavy atom. The number of methoxy groups -OCH3 is 1. The minimum atomic E-state index is -4.38. The topological polar surface area (TPSA) is 49.8 Å². The smallest absolute Gasteiger partial charge is 0.416 e. The number of nitrogens with zero attached hydrogens (tertiary/aromatic N) is 1. The molecule has 1 atom stereocenters. The van der Waals surface area contributed by atoms with Crippen molar-refractivity contribution in [2.75, 3.05) is 20.2 Å². The lowest BCUT2D eigenvalue weighted by molar-refractivity contribution is -0.143. The van der Waals surface area contributed by atoms with Gasteiger partial charge in [-0.3, -0.25) is 9.69 Å². The van der Waals surface area contributed by atoms with Crippen LogP contribution in [0.3, 0.4) is 0 Å². The number of ether oxygens (including phenoxy) is 1. The van der Waals surface area contributed by atoms with Crippen LogP contribution in [0.5, 0.6) is 5.75 Å². The molecular weight excluding hydrogens is 371 g/mol. The summed E-state index contributed by atoms with van der Waals surface area (Å²) in [7, 11) is 1.57. The normalized spacial score (nSPS) is 17.3. The lowest BCUT2D eigenvalue weighted by Gasteiger charge is -2.37. The summed E-state index contributed by atoms with van der Waals surface area (Å²) >= 11 is 0. The molecule has 0 saturated carbocycles. The Kier molecular flexibility index (Phi) is 5.93. The molecule has 7 heteroatoms. The zero-order chi connectivity index (χ0) is 20.3. The molecule has 1 fully saturated rings. The van der Waals surface area contributed by atoms with E-state index in [1.54, 1.807) is 7.11 Å². The Labute approximate surface area is 161 Å². The summed E-state index contributed by atoms with van der Waals surface area (Å²) < 4.78 is 44.0. The van der Waals surface area contributed by atoms with Crippen molar-refractivity contribution >= 4 is 5.97 Å². The Morgan fingerprint density at radius 1 is 1.04 bits per heavy atom. The Morgan fingerprint density at radius 3 is 1.96 bits per heavy atom. The van der Waals surface area contributed by atoms with Gasteiger partial charge in [-0.1, -0.05) is 24.3 Å². The van der Waals surface area contributed by atoms with Gasteiger partial charge in [0.2, 0.25) is 0 Å². The average Bonchev–Trinajstić information content (AvgIpc) is 2.69. The van der Waals surface area contributed by atoms with E-state index in [4.69, 9.17) is 4.74 Å². The summed E-state index contributed by atoms with van der Waals surface area (Å²) in [5, 5.41) is 9.22. The molecule has 3 rings (SSSR count). The number of rotatable bonds is 5. The standard InChI is InChI=1S/C21H22F3NO3/c1-28-18-8-4-15(5-9-18)19(25-12-10-16(11-13-25)20(26)27)14-2-6-17(7-3-14)21(22,23)24/h2-9,16,19H,10-13H2,1H3,(H,26,27). The predicted octanol–water partition coefficient (Wildman–Crippen LogP) is 4.60. The number of piperidine rings is 1. The SMILES string of the molecule is COc1ccc(C(c2ccc(C(F)(F)F)cc2)N2CCC(C(=O)O)CC2)cc1. The molecular formula is C21H22F3NO3. The molecule has 0 amide bonds. The number of benzene rings is 2. The van der Waals surface area contributed by atoms with Gasteiger partial charge < -0.3 is 9.84 Å². The lowest BCUT2D eigenvalue weighted by atomic mass is 9.91. The van der Waals surface area contributed by atoms with Crippen LogP contribution in [0.1, 0.15) is 35.6 Å². The van der Waals surface area contributed by atoms with Crippen LogP contribution in [-0.4, -0.2) is 36.2 Å². The van der Waals surface area contributed by atoms with Gasteiger partial charge in [-0.05, 0) is 61.3 Å². The largest absolute Gasteiger partial charge is 0.497 e. The number of hydrogen-bond donors (Lipinski definition) is 1. The molecule has 1 unspecified atom stereocenters. The molecule has 1 heterocycles. The van der Waals surface area contributed by atoms with Crippen LogP contribution in [0, 0.1) is 5.92 Å². The van der Waals surface area contributed by atoms with Crippen LogP contribution in [-0.2, 0) is 11.0 Å². The molecule has 150 valence electrons. The number of aliphatic carboxylic acids is 1. The maximum absolute atomic E-state index is 12.9. The third-order valence-electron chi connectivity index (χ3n) is 5.23. The molecule has 0 aromatic heterocycles. The summed E-state index contributed by atoms with van der Waals surface area (Å²) in [6, 6.07) is 12.4. The van der Waals surface area contributed by atoms with Crippen molar-refractivity contribution in [1.82, 2.24) is 4.90 Å². The van der Waals surface area contributed by atoms with Crippen LogP contribution in [0.15, 0.2) is 48.5 Å². The van der Waals surface area contributed by atoms with Gasteiger partial charge in [-0.2, -0.15) is 13.2 Å². The molecule has 1 saturated heterocycles. The Balaban J connectivity index is 1.91. The van der Waals surface area contributed by atoms with Crippen molar-refractivity contribution in [3.8, 4) is 5.75 Å². The molecule has 1 aliphatic rings. The van der Waals surface area contributed by atoms with E-state index in [1.807, 2.05) is 24.3 Å². The minimum Gasteiger partial charge on any atom is -0.497 e. The highest BCUT2D eigenvalue weighted by Gasteiger charge is 2.32. The second-order valence-electron chi connectivity index (χ2n) is 6.94. The molecule has 28 heavy (non-hydrogen) atoms. The number of halogens is 3. The molecule has 0 spiro atoms. The van der Waals surface area contributed by atoms with E-state index in [-0.39, 0.29) is 12.0 Å². The molecule has 1 N–H and O–H groups in total.